The van der Waals surface area contributed by atoms with Crippen molar-refractivity contribution < 1.29 is 9.18 Å². The number of halogens is 1. The third-order valence-electron chi connectivity index (χ3n) is 4.77. The second kappa shape index (κ2) is 8.32. The maximum Gasteiger partial charge on any atom is 0.255 e. The number of amides is 1. The molecule has 0 saturated heterocycles. The van der Waals surface area contributed by atoms with E-state index in [0.717, 1.165) is 22.5 Å². The first-order valence-electron chi connectivity index (χ1n) is 9.64. The molecule has 0 bridgehead atoms. The van der Waals surface area contributed by atoms with Crippen LogP contribution in [0, 0.1) is 19.7 Å². The first-order chi connectivity index (χ1) is 14.5. The van der Waals surface area contributed by atoms with Gasteiger partial charge in [-0.1, -0.05) is 24.3 Å². The Balaban J connectivity index is 1.42. The molecule has 0 aliphatic carbocycles. The molecule has 2 heterocycles. The molecule has 6 nitrogen and oxygen atoms in total. The predicted molar refractivity (Wildman–Crippen MR) is 113 cm³/mol. The molecule has 0 spiro atoms. The van der Waals surface area contributed by atoms with Crippen molar-refractivity contribution >= 4 is 11.6 Å². The van der Waals surface area contributed by atoms with E-state index in [2.05, 4.69) is 15.5 Å². The summed E-state index contributed by atoms with van der Waals surface area (Å²) in [6, 6.07) is 15.8. The van der Waals surface area contributed by atoms with Gasteiger partial charge in [0.2, 0.25) is 0 Å². The standard InChI is InChI=1S/C23H22FN5O/c1-16-10-17(2)29(27-16)14-19-4-3-5-20(11-19)23(30)26-22-12-25-28(15-22)13-18-6-8-21(24)9-7-18/h3-12,15H,13-14H2,1-2H3,(H,26,30). The molecule has 7 heteroatoms. The van der Waals surface area contributed by atoms with Crippen molar-refractivity contribution in [3.63, 3.8) is 0 Å². The number of hydrogen-bond acceptors (Lipinski definition) is 3. The summed E-state index contributed by atoms with van der Waals surface area (Å²) < 4.78 is 16.6. The van der Waals surface area contributed by atoms with Gasteiger partial charge in [0.25, 0.3) is 5.91 Å². The molecular formula is C23H22FN5O. The van der Waals surface area contributed by atoms with Crippen LogP contribution in [-0.4, -0.2) is 25.5 Å². The third kappa shape index (κ3) is 4.63. The highest BCUT2D eigenvalue weighted by Gasteiger charge is 2.10. The van der Waals surface area contributed by atoms with E-state index in [4.69, 9.17) is 0 Å². The van der Waals surface area contributed by atoms with Crippen LogP contribution in [0.15, 0.2) is 67.0 Å². The Bertz CT molecular complexity index is 1180. The Kier molecular flexibility index (Phi) is 5.43. The van der Waals surface area contributed by atoms with Crippen LogP contribution in [0.5, 0.6) is 0 Å². The van der Waals surface area contributed by atoms with Crippen molar-refractivity contribution in [3.05, 3.63) is 101 Å². The zero-order valence-electron chi connectivity index (χ0n) is 16.8. The maximum absolute atomic E-state index is 13.0. The summed E-state index contributed by atoms with van der Waals surface area (Å²) in [6.45, 7) is 5.08. The average Bonchev–Trinajstić information content (AvgIpc) is 3.29. The molecule has 2 aromatic heterocycles. The van der Waals surface area contributed by atoms with E-state index in [9.17, 15) is 9.18 Å². The number of rotatable bonds is 6. The molecule has 0 unspecified atom stereocenters. The van der Waals surface area contributed by atoms with E-state index in [0.29, 0.717) is 24.3 Å². The van der Waals surface area contributed by atoms with Gasteiger partial charge in [0, 0.05) is 17.5 Å². The van der Waals surface area contributed by atoms with Crippen LogP contribution in [0.2, 0.25) is 0 Å². The normalized spacial score (nSPS) is 10.9. The summed E-state index contributed by atoms with van der Waals surface area (Å²) >= 11 is 0. The fourth-order valence-corrected chi connectivity index (χ4v) is 3.31. The van der Waals surface area contributed by atoms with Gasteiger partial charge in [0.15, 0.2) is 0 Å². The Morgan fingerprint density at radius 2 is 1.83 bits per heavy atom. The van der Waals surface area contributed by atoms with E-state index >= 15 is 0 Å². The monoisotopic (exact) mass is 403 g/mol. The van der Waals surface area contributed by atoms with Crippen LogP contribution in [0.3, 0.4) is 0 Å². The minimum Gasteiger partial charge on any atom is -0.319 e. The smallest absolute Gasteiger partial charge is 0.255 e. The second-order valence-electron chi connectivity index (χ2n) is 7.29. The summed E-state index contributed by atoms with van der Waals surface area (Å²) in [5.41, 5.74) is 5.15. The number of nitrogens with one attached hydrogen (secondary N) is 1. The molecule has 1 amide bonds. The molecule has 0 aliphatic rings. The molecule has 0 saturated carbocycles. The lowest BCUT2D eigenvalue weighted by Gasteiger charge is -2.07. The van der Waals surface area contributed by atoms with E-state index in [1.807, 2.05) is 42.8 Å². The number of benzene rings is 2. The molecule has 0 atom stereocenters. The molecule has 4 rings (SSSR count). The van der Waals surface area contributed by atoms with Crippen LogP contribution >= 0.6 is 0 Å². The Morgan fingerprint density at radius 3 is 2.57 bits per heavy atom. The van der Waals surface area contributed by atoms with E-state index in [-0.39, 0.29) is 11.7 Å². The van der Waals surface area contributed by atoms with Gasteiger partial charge >= 0.3 is 0 Å². The quantitative estimate of drug-likeness (QED) is 0.525. The maximum atomic E-state index is 13.0. The van der Waals surface area contributed by atoms with Gasteiger partial charge in [0.1, 0.15) is 5.82 Å². The fourth-order valence-electron chi connectivity index (χ4n) is 3.31. The highest BCUT2D eigenvalue weighted by atomic mass is 19.1. The van der Waals surface area contributed by atoms with Crippen LogP contribution < -0.4 is 5.32 Å². The number of carbonyl (C=O) groups is 1. The first-order valence-corrected chi connectivity index (χ1v) is 9.64. The number of carbonyl (C=O) groups excluding carboxylic acids is 1. The van der Waals surface area contributed by atoms with Crippen LogP contribution in [0.25, 0.3) is 0 Å². The number of aryl methyl sites for hydroxylation is 2. The molecule has 0 fully saturated rings. The topological polar surface area (TPSA) is 64.7 Å². The van der Waals surface area contributed by atoms with Gasteiger partial charge in [-0.15, -0.1) is 0 Å². The van der Waals surface area contributed by atoms with Crippen molar-refractivity contribution in [2.24, 2.45) is 0 Å². The molecule has 4 aromatic rings. The third-order valence-corrected chi connectivity index (χ3v) is 4.77. The van der Waals surface area contributed by atoms with E-state index in [1.165, 1.54) is 12.1 Å². The fraction of sp³-hybridized carbons (Fsp3) is 0.174. The van der Waals surface area contributed by atoms with Crippen molar-refractivity contribution in [3.8, 4) is 0 Å². The van der Waals surface area contributed by atoms with Gasteiger partial charge in [-0.25, -0.2) is 4.39 Å². The van der Waals surface area contributed by atoms with Crippen LogP contribution in [0.1, 0.15) is 32.9 Å². The van der Waals surface area contributed by atoms with Gasteiger partial charge < -0.3 is 5.32 Å². The lowest BCUT2D eigenvalue weighted by Crippen LogP contribution is -2.12. The molecule has 152 valence electrons. The Morgan fingerprint density at radius 1 is 1.03 bits per heavy atom. The predicted octanol–water partition coefficient (Wildman–Crippen LogP) is 4.18. The van der Waals surface area contributed by atoms with Crippen molar-refractivity contribution in [2.45, 2.75) is 26.9 Å². The largest absolute Gasteiger partial charge is 0.319 e. The summed E-state index contributed by atoms with van der Waals surface area (Å²) in [4.78, 5) is 12.7. The molecule has 0 radical (unpaired) electrons. The molecule has 1 N–H and O–H groups in total. The minimum absolute atomic E-state index is 0.202. The van der Waals surface area contributed by atoms with Gasteiger partial charge in [-0.2, -0.15) is 10.2 Å². The SMILES string of the molecule is Cc1cc(C)n(Cc2cccc(C(=O)Nc3cnn(Cc4ccc(F)cc4)c3)c2)n1. The number of nitrogens with zero attached hydrogens (tertiary/aromatic N) is 4. The van der Waals surface area contributed by atoms with Crippen LogP contribution in [-0.2, 0) is 13.1 Å². The Hall–Kier alpha value is -3.74. The summed E-state index contributed by atoms with van der Waals surface area (Å²) in [5.74, 6) is -0.473. The summed E-state index contributed by atoms with van der Waals surface area (Å²) in [7, 11) is 0. The second-order valence-corrected chi connectivity index (χ2v) is 7.29. The number of anilines is 1. The minimum atomic E-state index is -0.271. The first kappa shape index (κ1) is 19.6. The number of hydrogen-bond donors (Lipinski definition) is 1. The van der Waals surface area contributed by atoms with E-state index < -0.39 is 0 Å². The van der Waals surface area contributed by atoms with Gasteiger partial charge in [-0.3, -0.25) is 14.2 Å². The highest BCUT2D eigenvalue weighted by Crippen LogP contribution is 2.13. The highest BCUT2D eigenvalue weighted by molar-refractivity contribution is 6.04. The van der Waals surface area contributed by atoms with Gasteiger partial charge in [0.05, 0.1) is 30.7 Å². The average molecular weight is 403 g/mol. The molecule has 30 heavy (non-hydrogen) atoms. The van der Waals surface area contributed by atoms with Gasteiger partial charge in [-0.05, 0) is 55.3 Å². The van der Waals surface area contributed by atoms with Crippen molar-refractivity contribution in [1.82, 2.24) is 19.6 Å². The zero-order chi connectivity index (χ0) is 21.1. The lowest BCUT2D eigenvalue weighted by molar-refractivity contribution is 0.102. The summed E-state index contributed by atoms with van der Waals surface area (Å²) in [6.07, 6.45) is 3.35. The lowest BCUT2D eigenvalue weighted by atomic mass is 10.1. The van der Waals surface area contributed by atoms with E-state index in [1.54, 1.807) is 35.3 Å². The summed E-state index contributed by atoms with van der Waals surface area (Å²) in [5, 5.41) is 11.6. The Labute approximate surface area is 174 Å². The molecule has 2 aromatic carbocycles. The molecular weight excluding hydrogens is 381 g/mol. The van der Waals surface area contributed by atoms with Crippen molar-refractivity contribution in [2.75, 3.05) is 5.32 Å². The number of aromatic nitrogens is 4. The van der Waals surface area contributed by atoms with Crippen molar-refractivity contribution in [1.29, 1.82) is 0 Å². The van der Waals surface area contributed by atoms with Crippen LogP contribution in [0.4, 0.5) is 10.1 Å². The zero-order valence-corrected chi connectivity index (χ0v) is 16.8. The molecule has 0 aliphatic heterocycles.